The molecular weight excluding hydrogens is 376 g/mol. The number of para-hydroxylation sites is 1. The molecular formula is C26H30O2S. The van der Waals surface area contributed by atoms with E-state index in [0.29, 0.717) is 5.94 Å². The molecule has 0 heterocycles. The van der Waals surface area contributed by atoms with Crippen LogP contribution in [-0.4, -0.2) is 13.0 Å². The fraction of sp³-hybridized carbons (Fsp3) is 0.308. The third-order valence-electron chi connectivity index (χ3n) is 5.12. The lowest BCUT2D eigenvalue weighted by atomic mass is 9.80. The summed E-state index contributed by atoms with van der Waals surface area (Å²) in [6.07, 6.45) is 3.33. The van der Waals surface area contributed by atoms with Gasteiger partial charge in [0.05, 0.1) is 5.94 Å². The van der Waals surface area contributed by atoms with E-state index < -0.39 is 0 Å². The standard InChI is InChI=1S/C26H30O2S/c1-26(2,22-14-16-25(17-15-22)29-20-27-3)18-8-10-21-9-7-13-24(19-21)28-23-11-5-4-6-12-23/h4-7,9,11-17,19H,8,10,18,20H2,1-3H3. The Bertz CT molecular complexity index is 873. The van der Waals surface area contributed by atoms with Crippen LogP contribution in [0.1, 0.15) is 37.8 Å². The van der Waals surface area contributed by atoms with E-state index in [0.717, 1.165) is 30.8 Å². The van der Waals surface area contributed by atoms with Gasteiger partial charge in [0.15, 0.2) is 0 Å². The summed E-state index contributed by atoms with van der Waals surface area (Å²) >= 11 is 1.72. The van der Waals surface area contributed by atoms with Crippen LogP contribution in [0.4, 0.5) is 0 Å². The monoisotopic (exact) mass is 406 g/mol. The van der Waals surface area contributed by atoms with Crippen LogP contribution in [0, 0.1) is 0 Å². The van der Waals surface area contributed by atoms with E-state index >= 15 is 0 Å². The van der Waals surface area contributed by atoms with Gasteiger partial charge in [0.25, 0.3) is 0 Å². The number of hydrogen-bond donors (Lipinski definition) is 0. The number of benzene rings is 3. The lowest BCUT2D eigenvalue weighted by Crippen LogP contribution is -2.17. The minimum absolute atomic E-state index is 0.155. The second-order valence-corrected chi connectivity index (χ2v) is 8.87. The Balaban J connectivity index is 1.54. The predicted molar refractivity (Wildman–Crippen MR) is 123 cm³/mol. The first-order valence-electron chi connectivity index (χ1n) is 10.1. The molecule has 0 saturated heterocycles. The predicted octanol–water partition coefficient (Wildman–Crippen LogP) is 7.48. The average Bonchev–Trinajstić information content (AvgIpc) is 2.73. The van der Waals surface area contributed by atoms with Crippen LogP contribution in [0.5, 0.6) is 11.5 Å². The summed E-state index contributed by atoms with van der Waals surface area (Å²) in [6, 6.07) is 27.3. The van der Waals surface area contributed by atoms with Crippen LogP contribution < -0.4 is 4.74 Å². The summed E-state index contributed by atoms with van der Waals surface area (Å²) in [5.41, 5.74) is 2.86. The smallest absolute Gasteiger partial charge is 0.127 e. The average molecular weight is 407 g/mol. The molecule has 0 aliphatic rings. The minimum Gasteiger partial charge on any atom is -0.457 e. The molecule has 0 radical (unpaired) electrons. The van der Waals surface area contributed by atoms with Crippen molar-refractivity contribution in [3.05, 3.63) is 90.0 Å². The topological polar surface area (TPSA) is 18.5 Å². The summed E-state index contributed by atoms with van der Waals surface area (Å²) in [4.78, 5) is 1.25. The third-order valence-corrected chi connectivity index (χ3v) is 6.08. The van der Waals surface area contributed by atoms with Crippen molar-refractivity contribution in [2.75, 3.05) is 13.0 Å². The Morgan fingerprint density at radius 1 is 0.828 bits per heavy atom. The van der Waals surface area contributed by atoms with E-state index in [-0.39, 0.29) is 5.41 Å². The van der Waals surface area contributed by atoms with E-state index in [1.165, 1.54) is 16.0 Å². The molecule has 2 nitrogen and oxygen atoms in total. The maximum Gasteiger partial charge on any atom is 0.127 e. The molecule has 0 fully saturated rings. The van der Waals surface area contributed by atoms with Crippen molar-refractivity contribution in [3.8, 4) is 11.5 Å². The van der Waals surface area contributed by atoms with Crippen LogP contribution in [0.15, 0.2) is 83.8 Å². The van der Waals surface area contributed by atoms with Gasteiger partial charge in [-0.2, -0.15) is 0 Å². The quantitative estimate of drug-likeness (QED) is 0.257. The maximum absolute atomic E-state index is 5.96. The molecule has 0 aromatic heterocycles. The van der Waals surface area contributed by atoms with Crippen LogP contribution in [0.3, 0.4) is 0 Å². The van der Waals surface area contributed by atoms with Gasteiger partial charge in [0.1, 0.15) is 11.5 Å². The normalized spacial score (nSPS) is 11.4. The molecule has 0 unspecified atom stereocenters. The van der Waals surface area contributed by atoms with Crippen molar-refractivity contribution in [1.29, 1.82) is 0 Å². The number of ether oxygens (including phenoxy) is 2. The van der Waals surface area contributed by atoms with Crippen molar-refractivity contribution in [2.45, 2.75) is 43.4 Å². The molecule has 0 bridgehead atoms. The summed E-state index contributed by atoms with van der Waals surface area (Å²) in [6.45, 7) is 4.67. The van der Waals surface area contributed by atoms with E-state index in [9.17, 15) is 0 Å². The van der Waals surface area contributed by atoms with Gasteiger partial charge in [-0.1, -0.05) is 68.1 Å². The third kappa shape index (κ3) is 6.66. The first-order valence-corrected chi connectivity index (χ1v) is 11.1. The van der Waals surface area contributed by atoms with Crippen LogP contribution in [0.2, 0.25) is 0 Å². The van der Waals surface area contributed by atoms with Crippen molar-refractivity contribution < 1.29 is 9.47 Å². The van der Waals surface area contributed by atoms with Crippen LogP contribution in [0.25, 0.3) is 0 Å². The van der Waals surface area contributed by atoms with Gasteiger partial charge < -0.3 is 9.47 Å². The van der Waals surface area contributed by atoms with Gasteiger partial charge >= 0.3 is 0 Å². The van der Waals surface area contributed by atoms with Crippen molar-refractivity contribution in [3.63, 3.8) is 0 Å². The highest BCUT2D eigenvalue weighted by atomic mass is 32.2. The van der Waals surface area contributed by atoms with E-state index in [1.807, 2.05) is 36.4 Å². The number of thioether (sulfide) groups is 1. The number of methoxy groups -OCH3 is 1. The van der Waals surface area contributed by atoms with E-state index in [1.54, 1.807) is 18.9 Å². The molecule has 0 spiro atoms. The summed E-state index contributed by atoms with van der Waals surface area (Å²) in [7, 11) is 1.73. The first-order chi connectivity index (χ1) is 14.1. The molecule has 0 amide bonds. The summed E-state index contributed by atoms with van der Waals surface area (Å²) < 4.78 is 11.1. The van der Waals surface area contributed by atoms with Gasteiger partial charge in [-0.25, -0.2) is 0 Å². The molecule has 3 rings (SSSR count). The molecule has 0 N–H and O–H groups in total. The van der Waals surface area contributed by atoms with Gasteiger partial charge in [0, 0.05) is 12.0 Å². The molecule has 3 aromatic rings. The number of rotatable bonds is 10. The number of hydrogen-bond acceptors (Lipinski definition) is 3. The van der Waals surface area contributed by atoms with Crippen LogP contribution >= 0.6 is 11.8 Å². The number of aryl methyl sites for hydroxylation is 1. The molecule has 3 aromatic carbocycles. The Kier molecular flexibility index (Phi) is 7.79. The fourth-order valence-electron chi connectivity index (χ4n) is 3.40. The van der Waals surface area contributed by atoms with Crippen LogP contribution in [-0.2, 0) is 16.6 Å². The SMILES string of the molecule is COCSc1ccc(C(C)(C)CCCc2cccc(Oc3ccccc3)c2)cc1. The molecule has 29 heavy (non-hydrogen) atoms. The first kappa shape index (κ1) is 21.5. The molecule has 3 heteroatoms. The summed E-state index contributed by atoms with van der Waals surface area (Å²) in [5, 5.41) is 0. The van der Waals surface area contributed by atoms with Gasteiger partial charge in [-0.05, 0) is 72.2 Å². The second kappa shape index (κ2) is 10.5. The molecule has 0 saturated carbocycles. The van der Waals surface area contributed by atoms with Crippen molar-refractivity contribution in [2.24, 2.45) is 0 Å². The van der Waals surface area contributed by atoms with E-state index in [2.05, 4.69) is 56.3 Å². The van der Waals surface area contributed by atoms with Gasteiger partial charge in [-0.15, -0.1) is 0 Å². The maximum atomic E-state index is 5.96. The lowest BCUT2D eigenvalue weighted by Gasteiger charge is -2.25. The van der Waals surface area contributed by atoms with Gasteiger partial charge in [-0.3, -0.25) is 0 Å². The zero-order chi connectivity index (χ0) is 20.5. The largest absolute Gasteiger partial charge is 0.457 e. The second-order valence-electron chi connectivity index (χ2n) is 7.88. The highest BCUT2D eigenvalue weighted by Gasteiger charge is 2.20. The van der Waals surface area contributed by atoms with E-state index in [4.69, 9.17) is 9.47 Å². The zero-order valence-corrected chi connectivity index (χ0v) is 18.4. The minimum atomic E-state index is 0.155. The highest BCUT2D eigenvalue weighted by molar-refractivity contribution is 7.99. The molecule has 0 aliphatic carbocycles. The Morgan fingerprint density at radius 3 is 2.28 bits per heavy atom. The highest BCUT2D eigenvalue weighted by Crippen LogP contribution is 2.31. The Morgan fingerprint density at radius 2 is 1.55 bits per heavy atom. The molecule has 0 aliphatic heterocycles. The Hall–Kier alpha value is -2.23. The van der Waals surface area contributed by atoms with Crippen molar-refractivity contribution in [1.82, 2.24) is 0 Å². The lowest BCUT2D eigenvalue weighted by molar-refractivity contribution is 0.259. The zero-order valence-electron chi connectivity index (χ0n) is 17.6. The van der Waals surface area contributed by atoms with Gasteiger partial charge in [0.2, 0.25) is 0 Å². The fourth-order valence-corrected chi connectivity index (χ4v) is 3.98. The van der Waals surface area contributed by atoms with Crippen molar-refractivity contribution >= 4 is 11.8 Å². The Labute approximate surface area is 179 Å². The molecule has 0 atom stereocenters. The molecule has 152 valence electrons. The summed E-state index contributed by atoms with van der Waals surface area (Å²) in [5.74, 6) is 2.46.